The van der Waals surface area contributed by atoms with Crippen molar-refractivity contribution in [2.75, 3.05) is 0 Å². The molecule has 2 N–H and O–H groups in total. The molecule has 0 bridgehead atoms. The Hall–Kier alpha value is -4.91. The van der Waals surface area contributed by atoms with E-state index in [1.165, 1.54) is 0 Å². The van der Waals surface area contributed by atoms with E-state index in [-0.39, 0.29) is 11.9 Å². The maximum absolute atomic E-state index is 13.5. The van der Waals surface area contributed by atoms with E-state index in [4.69, 9.17) is 4.98 Å². The van der Waals surface area contributed by atoms with E-state index >= 15 is 0 Å². The largest absolute Gasteiger partial charge is 0.341 e. The molecule has 35 heavy (non-hydrogen) atoms. The number of amides is 1. The highest BCUT2D eigenvalue weighted by Crippen LogP contribution is 2.47. The molecule has 4 aromatic heterocycles. The minimum atomic E-state index is -0.292. The zero-order valence-electron chi connectivity index (χ0n) is 18.4. The van der Waals surface area contributed by atoms with Crippen LogP contribution in [-0.2, 0) is 0 Å². The van der Waals surface area contributed by atoms with Crippen molar-refractivity contribution in [3.8, 4) is 22.5 Å². The molecule has 7 nitrogen and oxygen atoms in total. The fourth-order valence-electron chi connectivity index (χ4n) is 4.98. The van der Waals surface area contributed by atoms with E-state index in [1.54, 1.807) is 30.9 Å². The number of hydrogen-bond donors (Lipinski definition) is 2. The van der Waals surface area contributed by atoms with Crippen LogP contribution in [0.4, 0.5) is 0 Å². The Labute approximate surface area is 199 Å². The number of hydrogen-bond acceptors (Lipinski definition) is 5. The lowest BCUT2D eigenvalue weighted by atomic mass is 9.98. The molecule has 1 aliphatic carbocycles. The Morgan fingerprint density at radius 1 is 0.829 bits per heavy atom. The molecule has 7 heteroatoms. The average Bonchev–Trinajstić information content (AvgIpc) is 3.48. The molecule has 7 rings (SSSR count). The topological polar surface area (TPSA) is 96.5 Å². The number of fused-ring (bicyclic) bond motifs is 5. The minimum absolute atomic E-state index is 0.168. The summed E-state index contributed by atoms with van der Waals surface area (Å²) in [6.45, 7) is 0. The summed E-state index contributed by atoms with van der Waals surface area (Å²) in [5.74, 6) is 0.607. The van der Waals surface area contributed by atoms with Crippen LogP contribution >= 0.6 is 0 Å². The number of carbonyl (C=O) groups is 1. The smallest absolute Gasteiger partial charge is 0.252 e. The molecule has 0 aliphatic heterocycles. The summed E-state index contributed by atoms with van der Waals surface area (Å²) >= 11 is 0. The Kier molecular flexibility index (Phi) is 4.22. The number of benzene rings is 2. The van der Waals surface area contributed by atoms with Crippen molar-refractivity contribution >= 4 is 28.0 Å². The molecule has 1 atom stereocenters. The Bertz CT molecular complexity index is 1730. The third-order valence-electron chi connectivity index (χ3n) is 6.52. The first-order valence-electron chi connectivity index (χ1n) is 11.3. The highest BCUT2D eigenvalue weighted by atomic mass is 16.1. The van der Waals surface area contributed by atoms with E-state index in [1.807, 2.05) is 36.4 Å². The highest BCUT2D eigenvalue weighted by molar-refractivity contribution is 6.06. The number of carbonyl (C=O) groups excluding carboxylic acids is 1. The molecule has 0 fully saturated rings. The Morgan fingerprint density at radius 3 is 2.63 bits per heavy atom. The van der Waals surface area contributed by atoms with Crippen LogP contribution in [-0.4, -0.2) is 30.8 Å². The second-order valence-electron chi connectivity index (χ2n) is 8.47. The first-order valence-corrected chi connectivity index (χ1v) is 11.3. The molecule has 0 radical (unpaired) electrons. The molecule has 2 aromatic carbocycles. The second-order valence-corrected chi connectivity index (χ2v) is 8.47. The summed E-state index contributed by atoms with van der Waals surface area (Å²) in [5, 5.41) is 4.00. The van der Waals surface area contributed by atoms with Gasteiger partial charge in [-0.25, -0.2) is 15.0 Å². The van der Waals surface area contributed by atoms with Gasteiger partial charge in [0, 0.05) is 29.5 Å². The zero-order chi connectivity index (χ0) is 23.4. The van der Waals surface area contributed by atoms with Gasteiger partial charge < -0.3 is 10.3 Å². The van der Waals surface area contributed by atoms with Gasteiger partial charge in [-0.05, 0) is 46.5 Å². The zero-order valence-corrected chi connectivity index (χ0v) is 18.4. The minimum Gasteiger partial charge on any atom is -0.341 e. The lowest BCUT2D eigenvalue weighted by molar-refractivity contribution is 0.0945. The SMILES string of the molecule is O=C(NC1c2ccccc2-c2c(-c3nc4ccncc4[nH]3)cccc21)c1ccnc2ncccc12. The van der Waals surface area contributed by atoms with E-state index in [9.17, 15) is 4.79 Å². The van der Waals surface area contributed by atoms with Gasteiger partial charge in [0.25, 0.3) is 5.91 Å². The molecule has 1 unspecified atom stereocenters. The van der Waals surface area contributed by atoms with Crippen molar-refractivity contribution in [3.05, 3.63) is 108 Å². The van der Waals surface area contributed by atoms with Gasteiger partial charge in [-0.3, -0.25) is 9.78 Å². The Balaban J connectivity index is 1.36. The van der Waals surface area contributed by atoms with Gasteiger partial charge in [0.05, 0.1) is 28.8 Å². The number of imidazole rings is 1. The van der Waals surface area contributed by atoms with Crippen molar-refractivity contribution in [3.63, 3.8) is 0 Å². The van der Waals surface area contributed by atoms with Crippen LogP contribution in [0.1, 0.15) is 27.5 Å². The van der Waals surface area contributed by atoms with Gasteiger partial charge in [-0.2, -0.15) is 0 Å². The van der Waals surface area contributed by atoms with Gasteiger partial charge in [0.2, 0.25) is 0 Å². The fraction of sp³-hybridized carbons (Fsp3) is 0.0357. The molecule has 1 aliphatic rings. The average molecular weight is 454 g/mol. The summed E-state index contributed by atoms with van der Waals surface area (Å²) in [6, 6.07) is 21.4. The van der Waals surface area contributed by atoms with Gasteiger partial charge in [0.15, 0.2) is 5.65 Å². The third kappa shape index (κ3) is 3.02. The molecule has 4 heterocycles. The summed E-state index contributed by atoms with van der Waals surface area (Å²) < 4.78 is 0. The lowest BCUT2D eigenvalue weighted by Gasteiger charge is -2.17. The number of nitrogens with zero attached hydrogens (tertiary/aromatic N) is 4. The van der Waals surface area contributed by atoms with Gasteiger partial charge in [0.1, 0.15) is 5.82 Å². The van der Waals surface area contributed by atoms with Crippen molar-refractivity contribution < 1.29 is 4.79 Å². The van der Waals surface area contributed by atoms with E-state index < -0.39 is 0 Å². The molecule has 0 saturated carbocycles. The Morgan fingerprint density at radius 2 is 1.69 bits per heavy atom. The molecule has 166 valence electrons. The van der Waals surface area contributed by atoms with Crippen molar-refractivity contribution in [1.29, 1.82) is 0 Å². The summed E-state index contributed by atoms with van der Waals surface area (Å²) in [4.78, 5) is 34.5. The van der Waals surface area contributed by atoms with Crippen LogP contribution in [0.5, 0.6) is 0 Å². The normalized spacial score (nSPS) is 14.1. The van der Waals surface area contributed by atoms with Crippen LogP contribution in [0.3, 0.4) is 0 Å². The van der Waals surface area contributed by atoms with Crippen molar-refractivity contribution in [2.24, 2.45) is 0 Å². The van der Waals surface area contributed by atoms with Crippen LogP contribution in [0.2, 0.25) is 0 Å². The number of rotatable bonds is 3. The van der Waals surface area contributed by atoms with E-state index in [0.717, 1.165) is 50.1 Å². The maximum atomic E-state index is 13.5. The summed E-state index contributed by atoms with van der Waals surface area (Å²) in [5.41, 5.74) is 8.08. The number of aromatic nitrogens is 5. The van der Waals surface area contributed by atoms with Gasteiger partial charge in [-0.1, -0.05) is 42.5 Å². The molecule has 6 aromatic rings. The predicted molar refractivity (Wildman–Crippen MR) is 134 cm³/mol. The van der Waals surface area contributed by atoms with Crippen molar-refractivity contribution in [1.82, 2.24) is 30.2 Å². The number of H-pyrrole nitrogens is 1. The summed E-state index contributed by atoms with van der Waals surface area (Å²) in [7, 11) is 0. The fourth-order valence-corrected chi connectivity index (χ4v) is 4.98. The number of nitrogens with one attached hydrogen (secondary N) is 2. The third-order valence-corrected chi connectivity index (χ3v) is 6.52. The molecular formula is C28H18N6O. The highest BCUT2D eigenvalue weighted by Gasteiger charge is 2.32. The first-order chi connectivity index (χ1) is 17.3. The molecule has 0 saturated heterocycles. The quantitative estimate of drug-likeness (QED) is 0.389. The maximum Gasteiger partial charge on any atom is 0.252 e. The number of pyridine rings is 3. The predicted octanol–water partition coefficient (Wildman–Crippen LogP) is 5.07. The molecule has 0 spiro atoms. The lowest BCUT2D eigenvalue weighted by Crippen LogP contribution is -2.28. The molecule has 1 amide bonds. The summed E-state index contributed by atoms with van der Waals surface area (Å²) in [6.07, 6.45) is 6.81. The van der Waals surface area contributed by atoms with Gasteiger partial charge in [-0.15, -0.1) is 0 Å². The van der Waals surface area contributed by atoms with E-state index in [2.05, 4.69) is 49.5 Å². The van der Waals surface area contributed by atoms with Crippen LogP contribution in [0.15, 0.2) is 91.5 Å². The second kappa shape index (κ2) is 7.56. The van der Waals surface area contributed by atoms with Gasteiger partial charge >= 0.3 is 0 Å². The van der Waals surface area contributed by atoms with Crippen LogP contribution in [0.25, 0.3) is 44.6 Å². The standard InChI is InChI=1S/C28H18N6O/c35-28(19-10-14-31-26-18(19)9-4-12-30-26)34-25-17-6-2-1-5-16(17)24-20(25)7-3-8-21(24)27-32-22-11-13-29-15-23(22)33-27/h1-15,25H,(H,32,33)(H,34,35). The van der Waals surface area contributed by atoms with Crippen molar-refractivity contribution in [2.45, 2.75) is 6.04 Å². The molecular weight excluding hydrogens is 436 g/mol. The van der Waals surface area contributed by atoms with Crippen LogP contribution < -0.4 is 5.32 Å². The van der Waals surface area contributed by atoms with Crippen LogP contribution in [0, 0.1) is 0 Å². The first kappa shape index (κ1) is 19.5. The van der Waals surface area contributed by atoms with E-state index in [0.29, 0.717) is 11.2 Å². The number of aromatic amines is 1. The monoisotopic (exact) mass is 454 g/mol.